The molecule has 0 aromatic heterocycles. The van der Waals surface area contributed by atoms with Crippen molar-refractivity contribution in [3.05, 3.63) is 64.2 Å². The lowest BCUT2D eigenvalue weighted by Crippen LogP contribution is -2.06. The van der Waals surface area contributed by atoms with Gasteiger partial charge >= 0.3 is 6.18 Å². The Kier molecular flexibility index (Phi) is 4.75. The summed E-state index contributed by atoms with van der Waals surface area (Å²) in [5.74, 6) is 0.571. The van der Waals surface area contributed by atoms with Gasteiger partial charge in [-0.2, -0.15) is 13.2 Å². The third kappa shape index (κ3) is 4.12. The fourth-order valence-corrected chi connectivity index (χ4v) is 1.99. The molecule has 0 bridgehead atoms. The van der Waals surface area contributed by atoms with Gasteiger partial charge in [0, 0.05) is 17.1 Å². The molecule has 0 aliphatic rings. The number of hydrogen-bond acceptors (Lipinski definition) is 2. The van der Waals surface area contributed by atoms with E-state index >= 15 is 0 Å². The molecule has 0 heterocycles. The van der Waals surface area contributed by atoms with Gasteiger partial charge in [0.1, 0.15) is 12.4 Å². The maximum absolute atomic E-state index is 12.4. The topological polar surface area (TPSA) is 35.2 Å². The van der Waals surface area contributed by atoms with E-state index in [9.17, 15) is 13.2 Å². The Morgan fingerprint density at radius 1 is 1.05 bits per heavy atom. The molecule has 2 rings (SSSR count). The monoisotopic (exact) mass is 315 g/mol. The predicted octanol–water partition coefficient (Wildman–Crippen LogP) is 4.40. The Hall–Kier alpha value is -1.72. The Balaban J connectivity index is 2.07. The molecule has 0 aliphatic heterocycles. The molecular formula is C15H13ClF3NO. The maximum atomic E-state index is 12.4. The highest BCUT2D eigenvalue weighted by atomic mass is 35.5. The molecule has 6 heteroatoms. The molecule has 0 amide bonds. The van der Waals surface area contributed by atoms with E-state index in [1.54, 1.807) is 18.2 Å². The molecule has 0 aliphatic carbocycles. The molecule has 0 saturated carbocycles. The van der Waals surface area contributed by atoms with Crippen molar-refractivity contribution >= 4 is 11.6 Å². The van der Waals surface area contributed by atoms with Crippen molar-refractivity contribution in [1.29, 1.82) is 0 Å². The second-order valence-corrected chi connectivity index (χ2v) is 4.88. The number of ether oxygens (including phenoxy) is 1. The highest BCUT2D eigenvalue weighted by Crippen LogP contribution is 2.29. The minimum atomic E-state index is -4.33. The van der Waals surface area contributed by atoms with Crippen LogP contribution in [0.25, 0.3) is 0 Å². The molecule has 2 aromatic carbocycles. The van der Waals surface area contributed by atoms with Crippen LogP contribution >= 0.6 is 11.6 Å². The first kappa shape index (κ1) is 15.7. The Morgan fingerprint density at radius 3 is 2.29 bits per heavy atom. The normalized spacial score (nSPS) is 11.5. The summed E-state index contributed by atoms with van der Waals surface area (Å²) in [5.41, 5.74) is 6.30. The third-order valence-corrected chi connectivity index (χ3v) is 3.15. The van der Waals surface area contributed by atoms with Crippen molar-refractivity contribution in [3.8, 4) is 5.75 Å². The number of nitrogens with two attached hydrogens (primary N) is 1. The summed E-state index contributed by atoms with van der Waals surface area (Å²) in [5, 5.41) is 0.553. The Bertz CT molecular complexity index is 611. The van der Waals surface area contributed by atoms with Crippen molar-refractivity contribution in [3.63, 3.8) is 0 Å². The van der Waals surface area contributed by atoms with E-state index in [1.165, 1.54) is 12.1 Å². The highest BCUT2D eigenvalue weighted by molar-refractivity contribution is 6.30. The van der Waals surface area contributed by atoms with Crippen molar-refractivity contribution in [2.24, 2.45) is 5.73 Å². The summed E-state index contributed by atoms with van der Waals surface area (Å²) in [6, 6.07) is 9.90. The summed E-state index contributed by atoms with van der Waals surface area (Å²) < 4.78 is 42.9. The molecule has 0 radical (unpaired) electrons. The zero-order chi connectivity index (χ0) is 15.5. The van der Waals surface area contributed by atoms with Gasteiger partial charge < -0.3 is 10.5 Å². The minimum Gasteiger partial charge on any atom is -0.489 e. The van der Waals surface area contributed by atoms with Gasteiger partial charge in [-0.3, -0.25) is 0 Å². The first-order valence-corrected chi connectivity index (χ1v) is 6.55. The molecule has 2 nitrogen and oxygen atoms in total. The lowest BCUT2D eigenvalue weighted by atomic mass is 10.1. The van der Waals surface area contributed by atoms with Crippen LogP contribution in [-0.4, -0.2) is 0 Å². The Morgan fingerprint density at radius 2 is 1.71 bits per heavy atom. The number of benzene rings is 2. The van der Waals surface area contributed by atoms with Crippen molar-refractivity contribution < 1.29 is 17.9 Å². The average Bonchev–Trinajstić information content (AvgIpc) is 2.45. The standard InChI is InChI=1S/C15H13ClF3NO/c16-13-5-6-14(11(7-13)8-20)21-9-10-1-3-12(4-2-10)15(17,18)19/h1-7H,8-9,20H2. The third-order valence-electron chi connectivity index (χ3n) is 2.92. The first-order valence-electron chi connectivity index (χ1n) is 6.17. The van der Waals surface area contributed by atoms with Crippen LogP contribution in [0.2, 0.25) is 5.02 Å². The number of hydrogen-bond donors (Lipinski definition) is 1. The van der Waals surface area contributed by atoms with Crippen LogP contribution in [0.4, 0.5) is 13.2 Å². The number of rotatable bonds is 4. The molecule has 0 fully saturated rings. The fourth-order valence-electron chi connectivity index (χ4n) is 1.80. The maximum Gasteiger partial charge on any atom is 0.416 e. The lowest BCUT2D eigenvalue weighted by molar-refractivity contribution is -0.137. The van der Waals surface area contributed by atoms with Gasteiger partial charge in [-0.1, -0.05) is 23.7 Å². The lowest BCUT2D eigenvalue weighted by Gasteiger charge is -2.12. The quantitative estimate of drug-likeness (QED) is 0.907. The van der Waals surface area contributed by atoms with Gasteiger partial charge in [0.2, 0.25) is 0 Å². The van der Waals surface area contributed by atoms with E-state index < -0.39 is 11.7 Å². The van der Waals surface area contributed by atoms with Crippen LogP contribution in [0.1, 0.15) is 16.7 Å². The zero-order valence-corrected chi connectivity index (χ0v) is 11.7. The molecule has 2 aromatic rings. The first-order chi connectivity index (χ1) is 9.90. The van der Waals surface area contributed by atoms with E-state index in [-0.39, 0.29) is 13.2 Å². The van der Waals surface area contributed by atoms with Gasteiger partial charge in [-0.05, 0) is 35.9 Å². The van der Waals surface area contributed by atoms with E-state index in [1.807, 2.05) is 0 Å². The van der Waals surface area contributed by atoms with Gasteiger partial charge in [-0.15, -0.1) is 0 Å². The van der Waals surface area contributed by atoms with Crippen LogP contribution in [0, 0.1) is 0 Å². The van der Waals surface area contributed by atoms with E-state index in [0.29, 0.717) is 16.3 Å². The van der Waals surface area contributed by atoms with Crippen molar-refractivity contribution in [2.75, 3.05) is 0 Å². The van der Waals surface area contributed by atoms with Crippen LogP contribution in [0.15, 0.2) is 42.5 Å². The second kappa shape index (κ2) is 6.37. The number of halogens is 4. The minimum absolute atomic E-state index is 0.159. The summed E-state index contributed by atoms with van der Waals surface area (Å²) in [6.07, 6.45) is -4.33. The van der Waals surface area contributed by atoms with Crippen LogP contribution in [-0.2, 0) is 19.3 Å². The summed E-state index contributed by atoms with van der Waals surface area (Å²) in [6.45, 7) is 0.426. The smallest absolute Gasteiger partial charge is 0.416 e. The van der Waals surface area contributed by atoms with Gasteiger partial charge in [0.05, 0.1) is 5.56 Å². The molecule has 21 heavy (non-hydrogen) atoms. The SMILES string of the molecule is NCc1cc(Cl)ccc1OCc1ccc(C(F)(F)F)cc1. The molecule has 0 unspecified atom stereocenters. The molecule has 2 N–H and O–H groups in total. The van der Waals surface area contributed by atoms with Crippen molar-refractivity contribution in [2.45, 2.75) is 19.3 Å². The van der Waals surface area contributed by atoms with E-state index in [4.69, 9.17) is 22.1 Å². The second-order valence-electron chi connectivity index (χ2n) is 4.44. The molecule has 0 atom stereocenters. The van der Waals surface area contributed by atoms with Crippen LogP contribution in [0.5, 0.6) is 5.75 Å². The predicted molar refractivity (Wildman–Crippen MR) is 75.1 cm³/mol. The Labute approximate surface area is 125 Å². The summed E-state index contributed by atoms with van der Waals surface area (Å²) >= 11 is 5.86. The van der Waals surface area contributed by atoms with Gasteiger partial charge in [-0.25, -0.2) is 0 Å². The molecule has 0 spiro atoms. The van der Waals surface area contributed by atoms with Gasteiger partial charge in [0.25, 0.3) is 0 Å². The fraction of sp³-hybridized carbons (Fsp3) is 0.200. The van der Waals surface area contributed by atoms with Crippen LogP contribution < -0.4 is 10.5 Å². The molecule has 112 valence electrons. The average molecular weight is 316 g/mol. The highest BCUT2D eigenvalue weighted by Gasteiger charge is 2.29. The van der Waals surface area contributed by atoms with Crippen molar-refractivity contribution in [1.82, 2.24) is 0 Å². The molecular weight excluding hydrogens is 303 g/mol. The largest absolute Gasteiger partial charge is 0.489 e. The van der Waals surface area contributed by atoms with Crippen LogP contribution in [0.3, 0.4) is 0 Å². The van der Waals surface area contributed by atoms with Gasteiger partial charge in [0.15, 0.2) is 0 Å². The van der Waals surface area contributed by atoms with E-state index in [0.717, 1.165) is 17.7 Å². The zero-order valence-electron chi connectivity index (χ0n) is 11.0. The summed E-state index contributed by atoms with van der Waals surface area (Å²) in [7, 11) is 0. The number of alkyl halides is 3. The summed E-state index contributed by atoms with van der Waals surface area (Å²) in [4.78, 5) is 0. The molecule has 0 saturated heterocycles. The van der Waals surface area contributed by atoms with E-state index in [2.05, 4.69) is 0 Å².